The predicted octanol–water partition coefficient (Wildman–Crippen LogP) is 7.29. The van der Waals surface area contributed by atoms with Crippen LogP contribution in [0.2, 0.25) is 0 Å². The minimum absolute atomic E-state index is 0.513. The van der Waals surface area contributed by atoms with Gasteiger partial charge in [0, 0.05) is 4.47 Å². The van der Waals surface area contributed by atoms with E-state index in [2.05, 4.69) is 27.0 Å². The van der Waals surface area contributed by atoms with Gasteiger partial charge in [-0.3, -0.25) is 0 Å². The maximum absolute atomic E-state index is 9.52. The molecule has 0 radical (unpaired) electrons. The van der Waals surface area contributed by atoms with Crippen molar-refractivity contribution >= 4 is 55.3 Å². The number of hydrogen-bond donors (Lipinski definition) is 0. The van der Waals surface area contributed by atoms with Gasteiger partial charge in [0.2, 0.25) is 0 Å². The first-order valence-electron chi connectivity index (χ1n) is 8.82. The number of thioether (sulfide) groups is 1. The molecule has 4 rings (SSSR count). The average molecular weight is 479 g/mol. The Hall–Kier alpha value is -2.59. The van der Waals surface area contributed by atoms with Gasteiger partial charge < -0.3 is 4.74 Å². The van der Waals surface area contributed by atoms with Crippen LogP contribution < -0.4 is 4.74 Å². The monoisotopic (exact) mass is 478 g/mol. The fraction of sp³-hybridized carbons (Fsp3) is 0.0435. The van der Waals surface area contributed by atoms with Crippen LogP contribution in [0.5, 0.6) is 5.75 Å². The molecule has 0 atom stereocenters. The van der Waals surface area contributed by atoms with E-state index >= 15 is 0 Å². The molecule has 3 nitrogen and oxygen atoms in total. The Morgan fingerprint density at radius 1 is 1.07 bits per heavy atom. The van der Waals surface area contributed by atoms with Gasteiger partial charge >= 0.3 is 0 Å². The third kappa shape index (κ3) is 5.27. The van der Waals surface area contributed by atoms with Crippen molar-refractivity contribution in [2.45, 2.75) is 10.9 Å². The van der Waals surface area contributed by atoms with Crippen LogP contribution in [0.25, 0.3) is 16.3 Å². The zero-order chi connectivity index (χ0) is 20.1. The van der Waals surface area contributed by atoms with Crippen LogP contribution in [0.1, 0.15) is 11.1 Å². The van der Waals surface area contributed by atoms with Gasteiger partial charge in [-0.15, -0.1) is 11.3 Å². The molecular formula is C23H15BrN2OS2. The molecule has 0 unspecified atom stereocenters. The molecule has 29 heavy (non-hydrogen) atoms. The summed E-state index contributed by atoms with van der Waals surface area (Å²) in [6.07, 6.45) is 1.87. The molecule has 1 heterocycles. The summed E-state index contributed by atoms with van der Waals surface area (Å²) in [5.41, 5.74) is 3.02. The summed E-state index contributed by atoms with van der Waals surface area (Å²) >= 11 is 6.42. The largest absolute Gasteiger partial charge is 0.489 e. The zero-order valence-corrected chi connectivity index (χ0v) is 18.4. The van der Waals surface area contributed by atoms with E-state index in [9.17, 15) is 5.26 Å². The summed E-state index contributed by atoms with van der Waals surface area (Å²) in [5.74, 6) is 0.794. The number of nitriles is 1. The lowest BCUT2D eigenvalue weighted by molar-refractivity contribution is 0.306. The smallest absolute Gasteiger partial charge is 0.156 e. The Balaban J connectivity index is 1.42. The van der Waals surface area contributed by atoms with Gasteiger partial charge in [0.05, 0.1) is 15.1 Å². The van der Waals surface area contributed by atoms with Gasteiger partial charge in [0.1, 0.15) is 18.4 Å². The SMILES string of the molecule is N#C/C(=C\c1ccc(OCc2ccc(Br)cc2)cc1)Sc1nc2ccccc2s1. The van der Waals surface area contributed by atoms with Crippen LogP contribution in [0, 0.1) is 11.3 Å². The van der Waals surface area contributed by atoms with E-state index in [-0.39, 0.29) is 0 Å². The number of thiazole rings is 1. The fourth-order valence-electron chi connectivity index (χ4n) is 2.63. The second-order valence-electron chi connectivity index (χ2n) is 6.15. The van der Waals surface area contributed by atoms with E-state index in [1.165, 1.54) is 11.8 Å². The molecule has 0 aliphatic carbocycles. The Kier molecular flexibility index (Phi) is 6.30. The molecule has 0 aliphatic heterocycles. The lowest BCUT2D eigenvalue weighted by atomic mass is 10.2. The molecule has 0 saturated heterocycles. The molecule has 0 N–H and O–H groups in total. The van der Waals surface area contributed by atoms with Crippen molar-refractivity contribution in [2.24, 2.45) is 0 Å². The van der Waals surface area contributed by atoms with Crippen LogP contribution in [0.4, 0.5) is 0 Å². The highest BCUT2D eigenvalue weighted by atomic mass is 79.9. The maximum Gasteiger partial charge on any atom is 0.156 e. The Bertz CT molecular complexity index is 1160. The summed E-state index contributed by atoms with van der Waals surface area (Å²) < 4.78 is 8.88. The van der Waals surface area contributed by atoms with E-state index in [1.54, 1.807) is 11.3 Å². The highest BCUT2D eigenvalue weighted by Crippen LogP contribution is 2.34. The molecule has 0 aliphatic rings. The lowest BCUT2D eigenvalue weighted by Crippen LogP contribution is -1.94. The summed E-state index contributed by atoms with van der Waals surface area (Å²) in [4.78, 5) is 5.19. The molecule has 142 valence electrons. The van der Waals surface area contributed by atoms with Gasteiger partial charge in [-0.1, -0.05) is 52.3 Å². The fourth-order valence-corrected chi connectivity index (χ4v) is 4.87. The van der Waals surface area contributed by atoms with Crippen LogP contribution in [0.3, 0.4) is 0 Å². The van der Waals surface area contributed by atoms with Gasteiger partial charge in [-0.2, -0.15) is 5.26 Å². The summed E-state index contributed by atoms with van der Waals surface area (Å²) in [7, 11) is 0. The van der Waals surface area contributed by atoms with Gasteiger partial charge in [0.25, 0.3) is 0 Å². The second kappa shape index (κ2) is 9.27. The van der Waals surface area contributed by atoms with Crippen LogP contribution in [-0.2, 0) is 6.61 Å². The quantitative estimate of drug-likeness (QED) is 0.215. The molecule has 1 aromatic heterocycles. The third-order valence-corrected chi connectivity index (χ3v) is 6.63. The number of hydrogen-bond acceptors (Lipinski definition) is 5. The second-order valence-corrected chi connectivity index (χ2v) is 9.39. The minimum atomic E-state index is 0.513. The number of halogens is 1. The van der Waals surface area contributed by atoms with Crippen molar-refractivity contribution in [3.63, 3.8) is 0 Å². The number of allylic oxidation sites excluding steroid dienone is 1. The van der Waals surface area contributed by atoms with Gasteiger partial charge in [-0.25, -0.2) is 4.98 Å². The predicted molar refractivity (Wildman–Crippen MR) is 124 cm³/mol. The van der Waals surface area contributed by atoms with Crippen LogP contribution in [0.15, 0.2) is 86.5 Å². The number of aromatic nitrogens is 1. The first kappa shape index (κ1) is 19.7. The molecular weight excluding hydrogens is 464 g/mol. The molecule has 3 aromatic carbocycles. The minimum Gasteiger partial charge on any atom is -0.489 e. The molecule has 0 bridgehead atoms. The van der Waals surface area contributed by atoms with Crippen molar-refractivity contribution in [1.29, 1.82) is 5.26 Å². The van der Waals surface area contributed by atoms with Gasteiger partial charge in [0.15, 0.2) is 4.34 Å². The number of nitrogens with zero attached hydrogens (tertiary/aromatic N) is 2. The van der Waals surface area contributed by atoms with Crippen LogP contribution in [-0.4, -0.2) is 4.98 Å². The van der Waals surface area contributed by atoms with Crippen LogP contribution >= 0.6 is 39.0 Å². The Morgan fingerprint density at radius 3 is 2.55 bits per heavy atom. The summed E-state index contributed by atoms with van der Waals surface area (Å²) in [6, 6.07) is 26.1. The highest BCUT2D eigenvalue weighted by molar-refractivity contribution is 9.10. The van der Waals surface area contributed by atoms with E-state index in [0.717, 1.165) is 35.9 Å². The summed E-state index contributed by atoms with van der Waals surface area (Å²) in [6.45, 7) is 0.513. The molecule has 0 saturated carbocycles. The average Bonchev–Trinajstić information content (AvgIpc) is 3.16. The molecule has 0 amide bonds. The van der Waals surface area contributed by atoms with E-state index in [1.807, 2.05) is 78.9 Å². The number of ether oxygens (including phenoxy) is 1. The number of para-hydroxylation sites is 1. The topological polar surface area (TPSA) is 45.9 Å². The third-order valence-electron chi connectivity index (χ3n) is 4.08. The normalized spacial score (nSPS) is 11.4. The first-order valence-corrected chi connectivity index (χ1v) is 11.2. The Morgan fingerprint density at radius 2 is 1.83 bits per heavy atom. The number of benzene rings is 3. The molecule has 6 heteroatoms. The zero-order valence-electron chi connectivity index (χ0n) is 15.2. The molecule has 4 aromatic rings. The number of fused-ring (bicyclic) bond motifs is 1. The maximum atomic E-state index is 9.52. The van der Waals surface area contributed by atoms with Crippen molar-refractivity contribution in [2.75, 3.05) is 0 Å². The van der Waals surface area contributed by atoms with Gasteiger partial charge in [-0.05, 0) is 65.4 Å². The van der Waals surface area contributed by atoms with Crippen molar-refractivity contribution < 1.29 is 4.74 Å². The van der Waals surface area contributed by atoms with Crippen molar-refractivity contribution in [3.8, 4) is 11.8 Å². The lowest BCUT2D eigenvalue weighted by Gasteiger charge is -2.07. The Labute approximate surface area is 185 Å². The highest BCUT2D eigenvalue weighted by Gasteiger charge is 2.07. The first-order chi connectivity index (χ1) is 14.2. The molecule has 0 spiro atoms. The van der Waals surface area contributed by atoms with E-state index < -0.39 is 0 Å². The van der Waals surface area contributed by atoms with Crippen molar-refractivity contribution in [3.05, 3.63) is 93.3 Å². The number of rotatable bonds is 6. The van der Waals surface area contributed by atoms with E-state index in [0.29, 0.717) is 11.5 Å². The van der Waals surface area contributed by atoms with E-state index in [4.69, 9.17) is 4.74 Å². The summed E-state index contributed by atoms with van der Waals surface area (Å²) in [5, 5.41) is 9.52. The standard InChI is InChI=1S/C23H15BrN2OS2/c24-18-9-5-17(6-10-18)15-27-19-11-7-16(8-12-19)13-20(14-25)28-23-26-21-3-1-2-4-22(21)29-23/h1-13H,15H2/b20-13+. The van der Waals surface area contributed by atoms with Crippen molar-refractivity contribution in [1.82, 2.24) is 4.98 Å². The molecule has 0 fully saturated rings.